The largest absolute Gasteiger partial charge is 0.587 e. The van der Waals surface area contributed by atoms with Crippen molar-refractivity contribution >= 4 is 45.3 Å². The molecule has 6 rings (SSSR count). The van der Waals surface area contributed by atoms with E-state index in [-0.39, 0.29) is 67.2 Å². The van der Waals surface area contributed by atoms with Gasteiger partial charge in [-0.2, -0.15) is 27.7 Å². The molecular weight excluding hydrogens is 682 g/mol. The van der Waals surface area contributed by atoms with Crippen LogP contribution in [0.15, 0.2) is 106 Å². The SMILES string of the molecule is N#Cc1cccc(C#N)c1-c1c(-c2cccc(C3=C(Cl)C=C(C(=O)N=O)CC3)c2)n([S+]([O-])c2ccc(C(F)(F)F)nc2)c2ccc(F)cc12. The van der Waals surface area contributed by atoms with Crippen LogP contribution in [0.25, 0.3) is 38.9 Å². The molecule has 1 atom stereocenters. The molecule has 0 fully saturated rings. The number of rotatable bonds is 6. The summed E-state index contributed by atoms with van der Waals surface area (Å²) in [5.74, 6) is -1.61. The molecule has 0 aliphatic heterocycles. The number of aromatic nitrogens is 2. The molecule has 1 aliphatic rings. The lowest BCUT2D eigenvalue weighted by atomic mass is 9.89. The topological polar surface area (TPSA) is 135 Å². The molecule has 0 saturated heterocycles. The molecule has 5 aromatic rings. The molecule has 0 N–H and O–H groups in total. The maximum absolute atomic E-state index is 15.0. The van der Waals surface area contributed by atoms with Gasteiger partial charge in [0, 0.05) is 37.9 Å². The van der Waals surface area contributed by atoms with Gasteiger partial charge in [-0.25, -0.2) is 9.37 Å². The second-order valence-electron chi connectivity index (χ2n) is 10.7. The van der Waals surface area contributed by atoms with Crippen molar-refractivity contribution in [3.63, 3.8) is 0 Å². The van der Waals surface area contributed by atoms with Crippen LogP contribution in [0.4, 0.5) is 17.6 Å². The Morgan fingerprint density at radius 3 is 2.27 bits per heavy atom. The first-order chi connectivity index (χ1) is 23.5. The molecule has 3 aromatic carbocycles. The highest BCUT2D eigenvalue weighted by Crippen LogP contribution is 2.46. The van der Waals surface area contributed by atoms with Gasteiger partial charge in [0.1, 0.15) is 28.6 Å². The fourth-order valence-corrected chi connectivity index (χ4v) is 7.32. The standard InChI is InChI=1S/C35H18ClF4N5O3S/c36-28-14-21(34(46)44-47)7-10-26(28)19-3-1-4-20(13-19)33-32(31-22(16-41)5-2-6-23(31)17-42)27-15-24(37)8-11-29(27)45(33)49(48)25-9-12-30(43-18-25)35(38,39)40/h1-6,8-9,11-15,18H,7,10H2. The second kappa shape index (κ2) is 13.1. The number of nitrogens with zero attached hydrogens (tertiary/aromatic N) is 5. The van der Waals surface area contributed by atoms with E-state index in [1.165, 1.54) is 34.3 Å². The van der Waals surface area contributed by atoms with E-state index in [9.17, 15) is 42.3 Å². The summed E-state index contributed by atoms with van der Waals surface area (Å²) in [5.41, 5.74) is 1.26. The van der Waals surface area contributed by atoms with E-state index in [0.717, 1.165) is 24.4 Å². The summed E-state index contributed by atoms with van der Waals surface area (Å²) in [6.45, 7) is 0. The van der Waals surface area contributed by atoms with Crippen LogP contribution in [-0.4, -0.2) is 19.4 Å². The quantitative estimate of drug-likeness (QED) is 0.0987. The maximum atomic E-state index is 15.0. The normalized spacial score (nSPS) is 13.8. The van der Waals surface area contributed by atoms with Crippen molar-refractivity contribution in [2.24, 2.45) is 5.18 Å². The molecule has 1 aliphatic carbocycles. The number of halogens is 5. The summed E-state index contributed by atoms with van der Waals surface area (Å²) in [4.78, 5) is 26.0. The second-order valence-corrected chi connectivity index (χ2v) is 12.5. The number of pyridine rings is 1. The Morgan fingerprint density at radius 2 is 1.65 bits per heavy atom. The van der Waals surface area contributed by atoms with E-state index >= 15 is 0 Å². The van der Waals surface area contributed by atoms with Gasteiger partial charge in [0.2, 0.25) is 0 Å². The Balaban J connectivity index is 1.69. The molecule has 0 radical (unpaired) electrons. The minimum absolute atomic E-state index is 0.0610. The summed E-state index contributed by atoms with van der Waals surface area (Å²) in [7, 11) is 0. The van der Waals surface area contributed by atoms with Gasteiger partial charge in [-0.3, -0.25) is 4.79 Å². The molecule has 8 nitrogen and oxygen atoms in total. The summed E-state index contributed by atoms with van der Waals surface area (Å²) >= 11 is 4.26. The third-order valence-corrected chi connectivity index (χ3v) is 9.60. The Labute approximate surface area is 283 Å². The Kier molecular flexibility index (Phi) is 8.92. The van der Waals surface area contributed by atoms with Gasteiger partial charge in [-0.05, 0) is 78.6 Å². The van der Waals surface area contributed by atoms with Crippen molar-refractivity contribution in [3.05, 3.63) is 129 Å². The lowest BCUT2D eigenvalue weighted by Gasteiger charge is -2.19. The number of nitriles is 2. The summed E-state index contributed by atoms with van der Waals surface area (Å²) in [5, 5.41) is 23.0. The summed E-state index contributed by atoms with van der Waals surface area (Å²) in [6.07, 6.45) is -2.11. The van der Waals surface area contributed by atoms with Crippen molar-refractivity contribution in [1.82, 2.24) is 8.96 Å². The molecule has 2 aromatic heterocycles. The Morgan fingerprint density at radius 1 is 0.959 bits per heavy atom. The van der Waals surface area contributed by atoms with E-state index in [2.05, 4.69) is 22.3 Å². The third kappa shape index (κ3) is 6.11. The number of allylic oxidation sites excluding steroid dienone is 3. The highest BCUT2D eigenvalue weighted by atomic mass is 35.5. The first-order valence-electron chi connectivity index (χ1n) is 14.3. The van der Waals surface area contributed by atoms with Gasteiger partial charge in [0.25, 0.3) is 0 Å². The number of hydrogen-bond donors (Lipinski definition) is 0. The number of carbonyl (C=O) groups excluding carboxylic acids is 1. The Bertz CT molecular complexity index is 2300. The third-order valence-electron chi connectivity index (χ3n) is 7.91. The van der Waals surface area contributed by atoms with E-state index in [1.54, 1.807) is 24.3 Å². The van der Waals surface area contributed by atoms with E-state index < -0.39 is 35.0 Å². The van der Waals surface area contributed by atoms with Crippen molar-refractivity contribution < 1.29 is 26.9 Å². The lowest BCUT2D eigenvalue weighted by molar-refractivity contribution is -0.141. The molecule has 0 bridgehead atoms. The number of nitroso groups, excluding NO2 is 1. The van der Waals surface area contributed by atoms with Crippen LogP contribution in [0.1, 0.15) is 35.2 Å². The highest BCUT2D eigenvalue weighted by molar-refractivity contribution is 7.90. The summed E-state index contributed by atoms with van der Waals surface area (Å²) < 4.78 is 70.7. The molecule has 0 saturated carbocycles. The molecule has 49 heavy (non-hydrogen) atoms. The fraction of sp³-hybridized carbons (Fsp3) is 0.0857. The van der Waals surface area contributed by atoms with Crippen LogP contribution in [0, 0.1) is 33.4 Å². The van der Waals surface area contributed by atoms with Crippen LogP contribution in [0.3, 0.4) is 0 Å². The van der Waals surface area contributed by atoms with Gasteiger partial charge in [0.05, 0.1) is 35.0 Å². The number of amides is 1. The molecule has 1 amide bonds. The van der Waals surface area contributed by atoms with Gasteiger partial charge < -0.3 is 4.55 Å². The van der Waals surface area contributed by atoms with E-state index in [4.69, 9.17) is 11.6 Å². The van der Waals surface area contributed by atoms with Crippen molar-refractivity contribution in [1.29, 1.82) is 10.5 Å². The zero-order valence-electron chi connectivity index (χ0n) is 24.8. The molecule has 2 heterocycles. The first-order valence-corrected chi connectivity index (χ1v) is 15.8. The number of hydrogen-bond acceptors (Lipinski definition) is 6. The lowest BCUT2D eigenvalue weighted by Crippen LogP contribution is -2.16. The molecule has 242 valence electrons. The van der Waals surface area contributed by atoms with Crippen LogP contribution in [0.5, 0.6) is 0 Å². The van der Waals surface area contributed by atoms with Gasteiger partial charge >= 0.3 is 12.1 Å². The number of carbonyl (C=O) groups is 1. The molecular formula is C35H18ClF4N5O3S. The maximum Gasteiger partial charge on any atom is 0.433 e. The smallest absolute Gasteiger partial charge is 0.433 e. The minimum Gasteiger partial charge on any atom is -0.587 e. The predicted molar refractivity (Wildman–Crippen MR) is 174 cm³/mol. The first kappa shape index (κ1) is 33.3. The van der Waals surface area contributed by atoms with E-state index in [1.807, 2.05) is 0 Å². The van der Waals surface area contributed by atoms with Crippen molar-refractivity contribution in [2.75, 3.05) is 0 Å². The predicted octanol–water partition coefficient (Wildman–Crippen LogP) is 8.81. The molecule has 0 spiro atoms. The number of benzene rings is 3. The zero-order valence-corrected chi connectivity index (χ0v) is 26.3. The van der Waals surface area contributed by atoms with Gasteiger partial charge in [0.15, 0.2) is 4.90 Å². The molecule has 14 heteroatoms. The zero-order chi connectivity index (χ0) is 35.0. The minimum atomic E-state index is -4.74. The number of fused-ring (bicyclic) bond motifs is 1. The van der Waals surface area contributed by atoms with Crippen molar-refractivity contribution in [2.45, 2.75) is 23.9 Å². The fourth-order valence-electron chi connectivity index (χ4n) is 5.74. The average molecular weight is 700 g/mol. The Hall–Kier alpha value is -5.60. The van der Waals surface area contributed by atoms with Crippen LogP contribution in [-0.2, 0) is 22.3 Å². The summed E-state index contributed by atoms with van der Waals surface area (Å²) in [6, 6.07) is 20.7. The average Bonchev–Trinajstić information content (AvgIpc) is 3.43. The van der Waals surface area contributed by atoms with Crippen LogP contribution >= 0.6 is 11.6 Å². The van der Waals surface area contributed by atoms with Gasteiger partial charge in [-0.1, -0.05) is 35.9 Å². The highest BCUT2D eigenvalue weighted by Gasteiger charge is 2.35. The number of alkyl halides is 3. The van der Waals surface area contributed by atoms with E-state index in [0.29, 0.717) is 22.8 Å². The molecule has 1 unspecified atom stereocenters. The van der Waals surface area contributed by atoms with Gasteiger partial charge in [-0.15, -0.1) is 4.91 Å². The van der Waals surface area contributed by atoms with Crippen LogP contribution < -0.4 is 0 Å². The van der Waals surface area contributed by atoms with Crippen molar-refractivity contribution in [3.8, 4) is 34.5 Å². The van der Waals surface area contributed by atoms with Crippen LogP contribution in [0.2, 0.25) is 0 Å². The monoisotopic (exact) mass is 699 g/mol.